The van der Waals surface area contributed by atoms with Crippen LogP contribution in [0.2, 0.25) is 0 Å². The van der Waals surface area contributed by atoms with Crippen LogP contribution < -0.4 is 10.0 Å². The predicted octanol–water partition coefficient (Wildman–Crippen LogP) is 4.40. The Morgan fingerprint density at radius 2 is 1.81 bits per heavy atom. The van der Waals surface area contributed by atoms with Crippen molar-refractivity contribution in [2.45, 2.75) is 11.8 Å². The zero-order valence-corrected chi connectivity index (χ0v) is 16.1. The highest BCUT2D eigenvalue weighted by Gasteiger charge is 2.18. The van der Waals surface area contributed by atoms with Crippen LogP contribution in [0.25, 0.3) is 0 Å². The Hall–Kier alpha value is -2.58. The largest absolute Gasteiger partial charge is 0.459 e. The van der Waals surface area contributed by atoms with Crippen molar-refractivity contribution in [1.29, 1.82) is 0 Å². The summed E-state index contributed by atoms with van der Waals surface area (Å²) in [5, 5.41) is 2.66. The molecule has 2 N–H and O–H groups in total. The van der Waals surface area contributed by atoms with Crippen LogP contribution >= 0.6 is 15.9 Å². The van der Waals surface area contributed by atoms with Crippen molar-refractivity contribution in [2.24, 2.45) is 0 Å². The normalized spacial score (nSPS) is 11.2. The van der Waals surface area contributed by atoms with E-state index in [1.165, 1.54) is 18.4 Å². The van der Waals surface area contributed by atoms with Crippen LogP contribution in [0.3, 0.4) is 0 Å². The van der Waals surface area contributed by atoms with E-state index in [-0.39, 0.29) is 10.7 Å². The molecule has 0 aliphatic carbocycles. The van der Waals surface area contributed by atoms with Crippen LogP contribution in [0.4, 0.5) is 11.4 Å². The summed E-state index contributed by atoms with van der Waals surface area (Å²) >= 11 is 3.28. The van der Waals surface area contributed by atoms with Gasteiger partial charge in [-0.15, -0.1) is 0 Å². The number of hydrogen-bond acceptors (Lipinski definition) is 4. The molecule has 1 aromatic heterocycles. The van der Waals surface area contributed by atoms with E-state index in [4.69, 9.17) is 4.42 Å². The van der Waals surface area contributed by atoms with Gasteiger partial charge in [0.2, 0.25) is 0 Å². The smallest absolute Gasteiger partial charge is 0.291 e. The van der Waals surface area contributed by atoms with Gasteiger partial charge in [0.1, 0.15) is 0 Å². The van der Waals surface area contributed by atoms with Gasteiger partial charge in [0, 0.05) is 10.2 Å². The molecule has 0 saturated carbocycles. The molecule has 2 aromatic carbocycles. The molecule has 0 saturated heterocycles. The number of anilines is 2. The first-order valence-electron chi connectivity index (χ1n) is 7.59. The molecule has 0 atom stereocenters. The number of halogens is 1. The van der Waals surface area contributed by atoms with Gasteiger partial charge in [0.25, 0.3) is 15.9 Å². The highest BCUT2D eigenvalue weighted by Crippen LogP contribution is 2.24. The number of nitrogens with one attached hydrogen (secondary N) is 2. The van der Waals surface area contributed by atoms with Crippen molar-refractivity contribution in [3.63, 3.8) is 0 Å². The number of rotatable bonds is 5. The number of sulfonamides is 1. The zero-order chi connectivity index (χ0) is 18.7. The molecule has 3 rings (SSSR count). The van der Waals surface area contributed by atoms with Crippen molar-refractivity contribution in [3.8, 4) is 0 Å². The second-order valence-corrected chi connectivity index (χ2v) is 8.09. The first-order valence-corrected chi connectivity index (χ1v) is 9.87. The van der Waals surface area contributed by atoms with Crippen LogP contribution in [0.5, 0.6) is 0 Å². The van der Waals surface area contributed by atoms with E-state index in [1.54, 1.807) is 49.4 Å². The minimum atomic E-state index is -3.77. The second-order valence-electron chi connectivity index (χ2n) is 5.53. The van der Waals surface area contributed by atoms with Crippen LogP contribution in [-0.4, -0.2) is 14.3 Å². The molecule has 26 heavy (non-hydrogen) atoms. The lowest BCUT2D eigenvalue weighted by Crippen LogP contribution is -2.15. The molecule has 134 valence electrons. The summed E-state index contributed by atoms with van der Waals surface area (Å²) in [4.78, 5) is 12.2. The molecule has 3 aromatic rings. The quantitative estimate of drug-likeness (QED) is 0.622. The van der Waals surface area contributed by atoms with Gasteiger partial charge in [-0.1, -0.05) is 28.1 Å². The molecule has 8 heteroatoms. The summed E-state index contributed by atoms with van der Waals surface area (Å²) in [7, 11) is -3.77. The molecule has 1 amide bonds. The maximum Gasteiger partial charge on any atom is 0.291 e. The van der Waals surface area contributed by atoms with Crippen molar-refractivity contribution in [2.75, 3.05) is 10.0 Å². The van der Waals surface area contributed by atoms with E-state index >= 15 is 0 Å². The first kappa shape index (κ1) is 18.2. The summed E-state index contributed by atoms with van der Waals surface area (Å²) in [5.41, 5.74) is 1.40. The van der Waals surface area contributed by atoms with Crippen molar-refractivity contribution >= 4 is 43.2 Å². The van der Waals surface area contributed by atoms with Crippen LogP contribution in [-0.2, 0) is 10.0 Å². The zero-order valence-electron chi connectivity index (χ0n) is 13.7. The lowest BCUT2D eigenvalue weighted by atomic mass is 10.2. The molecule has 0 radical (unpaired) electrons. The molecule has 0 unspecified atom stereocenters. The Kier molecular flexibility index (Phi) is 5.15. The van der Waals surface area contributed by atoms with Gasteiger partial charge >= 0.3 is 0 Å². The summed E-state index contributed by atoms with van der Waals surface area (Å²) < 4.78 is 33.6. The molecule has 0 spiro atoms. The Bertz CT molecular complexity index is 1050. The minimum Gasteiger partial charge on any atom is -0.459 e. The molecule has 0 aliphatic rings. The molecular formula is C18H15BrN2O4S. The molecule has 0 bridgehead atoms. The highest BCUT2D eigenvalue weighted by atomic mass is 79.9. The molecule has 1 heterocycles. The number of carbonyl (C=O) groups excluding carboxylic acids is 1. The van der Waals surface area contributed by atoms with Crippen LogP contribution in [0, 0.1) is 6.92 Å². The van der Waals surface area contributed by atoms with Gasteiger partial charge in [-0.3, -0.25) is 9.52 Å². The van der Waals surface area contributed by atoms with Gasteiger partial charge in [0.15, 0.2) is 5.76 Å². The van der Waals surface area contributed by atoms with E-state index in [1.807, 2.05) is 0 Å². The fourth-order valence-corrected chi connectivity index (χ4v) is 4.17. The van der Waals surface area contributed by atoms with Crippen molar-refractivity contribution < 1.29 is 17.6 Å². The summed E-state index contributed by atoms with van der Waals surface area (Å²) in [6.07, 6.45) is 1.40. The molecule has 6 nitrogen and oxygen atoms in total. The van der Waals surface area contributed by atoms with E-state index in [2.05, 4.69) is 26.0 Å². The summed E-state index contributed by atoms with van der Waals surface area (Å²) in [5.74, 6) is -0.251. The minimum absolute atomic E-state index is 0.167. The third-order valence-corrected chi connectivity index (χ3v) is 5.57. The number of furan rings is 1. The highest BCUT2D eigenvalue weighted by molar-refractivity contribution is 9.10. The van der Waals surface area contributed by atoms with Gasteiger partial charge in [0.05, 0.1) is 16.8 Å². The Labute approximate surface area is 159 Å². The van der Waals surface area contributed by atoms with Crippen molar-refractivity contribution in [3.05, 3.63) is 76.7 Å². The van der Waals surface area contributed by atoms with E-state index in [0.717, 1.165) is 0 Å². The monoisotopic (exact) mass is 434 g/mol. The third-order valence-electron chi connectivity index (χ3n) is 3.56. The topological polar surface area (TPSA) is 88.4 Å². The number of carbonyl (C=O) groups is 1. The second kappa shape index (κ2) is 7.35. The fraction of sp³-hybridized carbons (Fsp3) is 0.0556. The number of hydrogen-bond donors (Lipinski definition) is 2. The number of benzene rings is 2. The van der Waals surface area contributed by atoms with E-state index < -0.39 is 15.9 Å². The lowest BCUT2D eigenvalue weighted by Gasteiger charge is -2.12. The van der Waals surface area contributed by atoms with Gasteiger partial charge in [-0.2, -0.15) is 0 Å². The summed E-state index contributed by atoms with van der Waals surface area (Å²) in [6.45, 7) is 1.72. The molecular weight excluding hydrogens is 420 g/mol. The Balaban J connectivity index is 1.82. The molecule has 0 fully saturated rings. The number of aryl methyl sites for hydroxylation is 1. The lowest BCUT2D eigenvalue weighted by molar-refractivity contribution is 0.0996. The predicted molar refractivity (Wildman–Crippen MR) is 103 cm³/mol. The summed E-state index contributed by atoms with van der Waals surface area (Å²) in [6, 6.07) is 14.6. The van der Waals surface area contributed by atoms with Crippen LogP contribution in [0.1, 0.15) is 16.1 Å². The number of amides is 1. The fourth-order valence-electron chi connectivity index (χ4n) is 2.33. The van der Waals surface area contributed by atoms with E-state index in [9.17, 15) is 13.2 Å². The Morgan fingerprint density at radius 3 is 2.54 bits per heavy atom. The van der Waals surface area contributed by atoms with E-state index in [0.29, 0.717) is 21.4 Å². The standard InChI is InChI=1S/C18H15BrN2O4S/c1-12-7-8-13(19)10-17(12)26(23,24)21-15-5-2-4-14(11-15)20-18(22)16-6-3-9-25-16/h2-11,21H,1H3,(H,20,22). The SMILES string of the molecule is Cc1ccc(Br)cc1S(=O)(=O)Nc1cccc(NC(=O)c2ccco2)c1. The first-order chi connectivity index (χ1) is 12.3. The third kappa shape index (κ3) is 4.14. The molecule has 0 aliphatic heterocycles. The van der Waals surface area contributed by atoms with Gasteiger partial charge in [-0.05, 0) is 55.0 Å². The van der Waals surface area contributed by atoms with Crippen LogP contribution in [0.15, 0.2) is 74.6 Å². The maximum absolute atomic E-state index is 12.7. The van der Waals surface area contributed by atoms with Crippen molar-refractivity contribution in [1.82, 2.24) is 0 Å². The average molecular weight is 435 g/mol. The van der Waals surface area contributed by atoms with Gasteiger partial charge in [-0.25, -0.2) is 8.42 Å². The average Bonchev–Trinajstić information content (AvgIpc) is 3.11. The Morgan fingerprint density at radius 1 is 1.04 bits per heavy atom. The maximum atomic E-state index is 12.7. The van der Waals surface area contributed by atoms with Gasteiger partial charge < -0.3 is 9.73 Å².